The Morgan fingerprint density at radius 1 is 1.00 bits per heavy atom. The Morgan fingerprint density at radius 3 is 2.43 bits per heavy atom. The van der Waals surface area contributed by atoms with E-state index in [4.69, 9.17) is 15.2 Å². The minimum Gasteiger partial charge on any atom is -0.488 e. The van der Waals surface area contributed by atoms with Gasteiger partial charge in [-0.1, -0.05) is 42.5 Å². The summed E-state index contributed by atoms with van der Waals surface area (Å²) in [7, 11) is 0. The fraction of sp³-hybridized carbons (Fsp3) is 0.304. The molecule has 2 amide bonds. The lowest BCUT2D eigenvalue weighted by molar-refractivity contribution is 0.0986. The summed E-state index contributed by atoms with van der Waals surface area (Å²) in [5.41, 5.74) is 6.52. The second-order valence-corrected chi connectivity index (χ2v) is 8.47. The van der Waals surface area contributed by atoms with Crippen LogP contribution >= 0.6 is 11.3 Å². The largest absolute Gasteiger partial charge is 0.488 e. The molecule has 0 aliphatic heterocycles. The maximum atomic E-state index is 12.1. The normalized spacial score (nSPS) is 18.7. The Bertz CT molecular complexity index is 1030. The van der Waals surface area contributed by atoms with Gasteiger partial charge in [-0.05, 0) is 43.4 Å². The lowest BCUT2D eigenvalue weighted by Gasteiger charge is -2.29. The zero-order chi connectivity index (χ0) is 20.9. The van der Waals surface area contributed by atoms with E-state index >= 15 is 0 Å². The van der Waals surface area contributed by atoms with Crippen LogP contribution in [0.5, 0.6) is 5.75 Å². The van der Waals surface area contributed by atoms with Crippen molar-refractivity contribution in [3.05, 3.63) is 65.0 Å². The number of alkyl carbamates (subject to hydrolysis) is 1. The van der Waals surface area contributed by atoms with Crippen LogP contribution in [0.3, 0.4) is 0 Å². The van der Waals surface area contributed by atoms with Crippen molar-refractivity contribution >= 4 is 33.4 Å². The van der Waals surface area contributed by atoms with Gasteiger partial charge in [-0.25, -0.2) is 4.79 Å². The van der Waals surface area contributed by atoms with E-state index in [0.717, 1.165) is 41.3 Å². The first-order valence-corrected chi connectivity index (χ1v) is 10.9. The highest BCUT2D eigenvalue weighted by Gasteiger charge is 2.27. The van der Waals surface area contributed by atoms with Crippen molar-refractivity contribution in [3.63, 3.8) is 0 Å². The number of benzene rings is 2. The van der Waals surface area contributed by atoms with E-state index in [9.17, 15) is 9.59 Å². The molecule has 156 valence electrons. The molecule has 0 radical (unpaired) electrons. The van der Waals surface area contributed by atoms with E-state index in [2.05, 4.69) is 5.32 Å². The van der Waals surface area contributed by atoms with Crippen LogP contribution in [-0.4, -0.2) is 24.1 Å². The van der Waals surface area contributed by atoms with Crippen molar-refractivity contribution in [2.75, 3.05) is 0 Å². The number of thiophene rings is 1. The smallest absolute Gasteiger partial charge is 0.407 e. The van der Waals surface area contributed by atoms with Crippen LogP contribution in [0, 0.1) is 0 Å². The first-order valence-electron chi connectivity index (χ1n) is 10.1. The zero-order valence-corrected chi connectivity index (χ0v) is 17.3. The van der Waals surface area contributed by atoms with Crippen molar-refractivity contribution in [1.29, 1.82) is 0 Å². The number of primary amides is 1. The highest BCUT2D eigenvalue weighted by molar-refractivity contribution is 7.21. The summed E-state index contributed by atoms with van der Waals surface area (Å²) in [4.78, 5) is 24.4. The highest BCUT2D eigenvalue weighted by Crippen LogP contribution is 2.39. The number of nitrogens with one attached hydrogen (secondary N) is 1. The van der Waals surface area contributed by atoms with Crippen LogP contribution in [0.1, 0.15) is 40.9 Å². The first kappa shape index (κ1) is 20.2. The average molecular weight is 425 g/mol. The Balaban J connectivity index is 1.30. The number of fused-ring (bicyclic) bond motifs is 1. The van der Waals surface area contributed by atoms with Crippen molar-refractivity contribution in [2.24, 2.45) is 5.73 Å². The number of hydrogen-bond donors (Lipinski definition) is 2. The monoisotopic (exact) mass is 424 g/mol. The molecule has 0 unspecified atom stereocenters. The summed E-state index contributed by atoms with van der Waals surface area (Å²) in [5.74, 6) is 0.115. The number of carbonyl (C=O) groups is 2. The van der Waals surface area contributed by atoms with Crippen molar-refractivity contribution in [2.45, 2.75) is 44.4 Å². The molecule has 1 aromatic heterocycles. The minimum atomic E-state index is -0.470. The second-order valence-electron chi connectivity index (χ2n) is 7.42. The number of amides is 2. The summed E-state index contributed by atoms with van der Waals surface area (Å²) in [5, 5.41) is 3.86. The van der Waals surface area contributed by atoms with E-state index in [0.29, 0.717) is 10.6 Å². The van der Waals surface area contributed by atoms with Crippen molar-refractivity contribution in [3.8, 4) is 5.75 Å². The molecule has 0 spiro atoms. The number of hydrogen-bond acceptors (Lipinski definition) is 5. The third kappa shape index (κ3) is 4.74. The standard InChI is InChI=1S/C23H24N2O4S/c24-22(26)21-20(18-8-4-5-9-19(18)30-21)29-17-12-10-16(11-13-17)25-23(27)28-14-15-6-2-1-3-7-15/h1-9,16-17H,10-14H2,(H2,24,26)(H,25,27). The Kier molecular flexibility index (Phi) is 6.18. The summed E-state index contributed by atoms with van der Waals surface area (Å²) < 4.78 is 12.5. The van der Waals surface area contributed by atoms with Gasteiger partial charge in [0, 0.05) is 16.1 Å². The van der Waals surface area contributed by atoms with Crippen molar-refractivity contribution in [1.82, 2.24) is 5.32 Å². The molecule has 7 heteroatoms. The average Bonchev–Trinajstić information content (AvgIpc) is 3.13. The minimum absolute atomic E-state index is 0.0144. The lowest BCUT2D eigenvalue weighted by atomic mass is 9.93. The predicted molar refractivity (Wildman–Crippen MR) is 117 cm³/mol. The molecule has 0 atom stereocenters. The fourth-order valence-electron chi connectivity index (χ4n) is 3.72. The van der Waals surface area contributed by atoms with Crippen LogP contribution in [0.15, 0.2) is 54.6 Å². The summed E-state index contributed by atoms with van der Waals surface area (Å²) in [6.45, 7) is 0.256. The number of nitrogens with two attached hydrogens (primary N) is 1. The highest BCUT2D eigenvalue weighted by atomic mass is 32.1. The first-order chi connectivity index (χ1) is 14.6. The zero-order valence-electron chi connectivity index (χ0n) is 16.5. The second kappa shape index (κ2) is 9.17. The summed E-state index contributed by atoms with van der Waals surface area (Å²) >= 11 is 1.36. The SMILES string of the molecule is NC(=O)c1sc2ccccc2c1OC1CCC(NC(=O)OCc2ccccc2)CC1. The molecule has 1 aliphatic rings. The lowest BCUT2D eigenvalue weighted by Crippen LogP contribution is -2.40. The Hall–Kier alpha value is -3.06. The quantitative estimate of drug-likeness (QED) is 0.604. The molecule has 1 aliphatic carbocycles. The number of ether oxygens (including phenoxy) is 2. The van der Waals surface area contributed by atoms with Crippen LogP contribution in [0.2, 0.25) is 0 Å². The number of carbonyl (C=O) groups excluding carboxylic acids is 2. The van der Waals surface area contributed by atoms with Gasteiger partial charge in [0.1, 0.15) is 11.5 Å². The maximum Gasteiger partial charge on any atom is 0.407 e. The molecule has 2 aromatic carbocycles. The van der Waals surface area contributed by atoms with Gasteiger partial charge < -0.3 is 20.5 Å². The van der Waals surface area contributed by atoms with E-state index in [1.54, 1.807) is 0 Å². The van der Waals surface area contributed by atoms with Gasteiger partial charge in [0.2, 0.25) is 0 Å². The molecule has 0 bridgehead atoms. The van der Waals surface area contributed by atoms with Gasteiger partial charge in [-0.3, -0.25) is 4.79 Å². The van der Waals surface area contributed by atoms with E-state index in [-0.39, 0.29) is 18.8 Å². The topological polar surface area (TPSA) is 90.7 Å². The van der Waals surface area contributed by atoms with Crippen LogP contribution in [0.25, 0.3) is 10.1 Å². The van der Waals surface area contributed by atoms with E-state index < -0.39 is 12.0 Å². The van der Waals surface area contributed by atoms with Crippen LogP contribution < -0.4 is 15.8 Å². The van der Waals surface area contributed by atoms with Crippen LogP contribution in [0.4, 0.5) is 4.79 Å². The molecular formula is C23H24N2O4S. The third-order valence-electron chi connectivity index (χ3n) is 5.27. The molecule has 3 N–H and O–H groups in total. The Morgan fingerprint density at radius 2 is 1.70 bits per heavy atom. The van der Waals surface area contributed by atoms with Gasteiger partial charge >= 0.3 is 6.09 Å². The van der Waals surface area contributed by atoms with Gasteiger partial charge in [-0.15, -0.1) is 11.3 Å². The van der Waals surface area contributed by atoms with Gasteiger partial charge in [-0.2, -0.15) is 0 Å². The van der Waals surface area contributed by atoms with Gasteiger partial charge in [0.05, 0.1) is 6.10 Å². The number of rotatable bonds is 6. The Labute approximate surface area is 179 Å². The molecule has 4 rings (SSSR count). The van der Waals surface area contributed by atoms with Gasteiger partial charge in [0.25, 0.3) is 5.91 Å². The van der Waals surface area contributed by atoms with E-state index in [1.807, 2.05) is 54.6 Å². The van der Waals surface area contributed by atoms with Gasteiger partial charge in [0.15, 0.2) is 5.75 Å². The fourth-order valence-corrected chi connectivity index (χ4v) is 4.71. The maximum absolute atomic E-state index is 12.1. The molecular weight excluding hydrogens is 400 g/mol. The molecule has 1 heterocycles. The molecule has 3 aromatic rings. The molecule has 1 saturated carbocycles. The summed E-state index contributed by atoms with van der Waals surface area (Å²) in [6, 6.07) is 17.4. The molecule has 6 nitrogen and oxygen atoms in total. The van der Waals surface area contributed by atoms with Crippen molar-refractivity contribution < 1.29 is 19.1 Å². The molecule has 30 heavy (non-hydrogen) atoms. The predicted octanol–water partition coefficient (Wildman–Crippen LogP) is 4.62. The molecule has 1 fully saturated rings. The summed E-state index contributed by atoms with van der Waals surface area (Å²) in [6.07, 6.45) is 2.73. The van der Waals surface area contributed by atoms with Crippen LogP contribution in [-0.2, 0) is 11.3 Å². The molecule has 0 saturated heterocycles. The van der Waals surface area contributed by atoms with E-state index in [1.165, 1.54) is 11.3 Å². The third-order valence-corrected chi connectivity index (χ3v) is 6.43.